The zero-order chi connectivity index (χ0) is 22.1. The SMILES string of the molecule is Cc1nn(Cc2nc(-c3ccc(NC(=O)c4ccc(F)cc4)cc3)oc2C)c(C)c1C. The second-order valence-corrected chi connectivity index (χ2v) is 7.51. The summed E-state index contributed by atoms with van der Waals surface area (Å²) < 4.78 is 20.8. The molecule has 0 aliphatic carbocycles. The van der Waals surface area contributed by atoms with Crippen LogP contribution in [0.1, 0.15) is 38.8 Å². The molecule has 0 radical (unpaired) electrons. The van der Waals surface area contributed by atoms with Crippen molar-refractivity contribution in [2.24, 2.45) is 0 Å². The van der Waals surface area contributed by atoms with Gasteiger partial charge in [0.25, 0.3) is 5.91 Å². The molecule has 0 atom stereocenters. The maximum Gasteiger partial charge on any atom is 0.255 e. The Morgan fingerprint density at radius 1 is 1.03 bits per heavy atom. The number of anilines is 1. The third-order valence-corrected chi connectivity index (χ3v) is 5.43. The van der Waals surface area contributed by atoms with Crippen LogP contribution in [0.25, 0.3) is 11.5 Å². The van der Waals surface area contributed by atoms with Crippen LogP contribution in [0, 0.1) is 33.5 Å². The zero-order valence-electron chi connectivity index (χ0n) is 17.9. The Kier molecular flexibility index (Phi) is 5.42. The van der Waals surface area contributed by atoms with Crippen LogP contribution in [0.3, 0.4) is 0 Å². The van der Waals surface area contributed by atoms with E-state index in [2.05, 4.69) is 22.3 Å². The van der Waals surface area contributed by atoms with E-state index in [1.54, 1.807) is 12.1 Å². The minimum atomic E-state index is -0.380. The van der Waals surface area contributed by atoms with Gasteiger partial charge in [-0.25, -0.2) is 9.37 Å². The second-order valence-electron chi connectivity index (χ2n) is 7.51. The highest BCUT2D eigenvalue weighted by Crippen LogP contribution is 2.24. The first-order valence-corrected chi connectivity index (χ1v) is 9.96. The topological polar surface area (TPSA) is 73.0 Å². The minimum Gasteiger partial charge on any atom is -0.441 e. The van der Waals surface area contributed by atoms with Gasteiger partial charge in [-0.05, 0) is 81.8 Å². The molecule has 1 N–H and O–H groups in total. The van der Waals surface area contributed by atoms with Gasteiger partial charge in [-0.3, -0.25) is 9.48 Å². The van der Waals surface area contributed by atoms with E-state index >= 15 is 0 Å². The number of hydrogen-bond acceptors (Lipinski definition) is 4. The van der Waals surface area contributed by atoms with Crippen molar-refractivity contribution < 1.29 is 13.6 Å². The van der Waals surface area contributed by atoms with Crippen molar-refractivity contribution in [1.82, 2.24) is 14.8 Å². The summed E-state index contributed by atoms with van der Waals surface area (Å²) in [5.41, 5.74) is 5.95. The van der Waals surface area contributed by atoms with E-state index in [0.717, 1.165) is 28.4 Å². The molecule has 0 aliphatic rings. The number of aromatic nitrogens is 3. The maximum absolute atomic E-state index is 13.0. The van der Waals surface area contributed by atoms with Crippen LogP contribution in [0.5, 0.6) is 0 Å². The highest BCUT2D eigenvalue weighted by atomic mass is 19.1. The van der Waals surface area contributed by atoms with Crippen LogP contribution in [0.2, 0.25) is 0 Å². The molecule has 2 aromatic carbocycles. The summed E-state index contributed by atoms with van der Waals surface area (Å²) in [6.07, 6.45) is 0. The zero-order valence-corrected chi connectivity index (χ0v) is 17.9. The molecule has 0 saturated carbocycles. The molecule has 4 rings (SSSR count). The predicted molar refractivity (Wildman–Crippen MR) is 117 cm³/mol. The highest BCUT2D eigenvalue weighted by Gasteiger charge is 2.15. The number of aryl methyl sites for hydroxylation is 2. The number of carbonyl (C=O) groups is 1. The van der Waals surface area contributed by atoms with E-state index in [4.69, 9.17) is 4.42 Å². The summed E-state index contributed by atoms with van der Waals surface area (Å²) in [5.74, 6) is 0.577. The summed E-state index contributed by atoms with van der Waals surface area (Å²) in [6, 6.07) is 12.6. The first-order valence-electron chi connectivity index (χ1n) is 9.96. The maximum atomic E-state index is 13.0. The lowest BCUT2D eigenvalue weighted by molar-refractivity contribution is 0.102. The molecule has 0 fully saturated rings. The Morgan fingerprint density at radius 3 is 2.32 bits per heavy atom. The van der Waals surface area contributed by atoms with E-state index in [1.807, 2.05) is 37.6 Å². The molecule has 158 valence electrons. The van der Waals surface area contributed by atoms with Crippen molar-refractivity contribution in [1.29, 1.82) is 0 Å². The quantitative estimate of drug-likeness (QED) is 0.483. The molecule has 4 aromatic rings. The highest BCUT2D eigenvalue weighted by molar-refractivity contribution is 6.04. The second kappa shape index (κ2) is 8.18. The van der Waals surface area contributed by atoms with Crippen LogP contribution in [-0.4, -0.2) is 20.7 Å². The molecule has 6 nitrogen and oxygen atoms in total. The standard InChI is InChI=1S/C24H23FN4O2/c1-14-15(2)28-29(16(14)3)13-22-17(4)31-24(27-22)19-7-11-21(12-8-19)26-23(30)18-5-9-20(25)10-6-18/h5-12H,13H2,1-4H3,(H,26,30). The molecule has 0 spiro atoms. The lowest BCUT2D eigenvalue weighted by Gasteiger charge is -2.06. The molecule has 7 heteroatoms. The van der Waals surface area contributed by atoms with Gasteiger partial charge in [0, 0.05) is 22.5 Å². The van der Waals surface area contributed by atoms with Crippen LogP contribution < -0.4 is 5.32 Å². The summed E-state index contributed by atoms with van der Waals surface area (Å²) in [7, 11) is 0. The van der Waals surface area contributed by atoms with Crippen LogP contribution in [-0.2, 0) is 6.54 Å². The Labute approximate surface area is 179 Å². The normalized spacial score (nSPS) is 11.0. The largest absolute Gasteiger partial charge is 0.441 e. The van der Waals surface area contributed by atoms with Crippen LogP contribution in [0.15, 0.2) is 52.9 Å². The average molecular weight is 418 g/mol. The predicted octanol–water partition coefficient (Wildman–Crippen LogP) is 5.21. The number of halogens is 1. The first-order chi connectivity index (χ1) is 14.8. The number of benzene rings is 2. The van der Waals surface area contributed by atoms with Crippen molar-refractivity contribution in [3.63, 3.8) is 0 Å². The van der Waals surface area contributed by atoms with E-state index in [9.17, 15) is 9.18 Å². The Balaban J connectivity index is 1.49. The first kappa shape index (κ1) is 20.5. The van der Waals surface area contributed by atoms with Gasteiger partial charge >= 0.3 is 0 Å². The fourth-order valence-electron chi connectivity index (χ4n) is 3.28. The summed E-state index contributed by atoms with van der Waals surface area (Å²) in [4.78, 5) is 16.9. The van der Waals surface area contributed by atoms with Gasteiger partial charge in [-0.1, -0.05) is 0 Å². The van der Waals surface area contributed by atoms with E-state index < -0.39 is 0 Å². The lowest BCUT2D eigenvalue weighted by Crippen LogP contribution is -2.11. The van der Waals surface area contributed by atoms with Crippen molar-refractivity contribution in [2.75, 3.05) is 5.32 Å². The molecule has 2 aromatic heterocycles. The monoisotopic (exact) mass is 418 g/mol. The number of nitrogens with one attached hydrogen (secondary N) is 1. The number of hydrogen-bond donors (Lipinski definition) is 1. The van der Waals surface area contributed by atoms with Gasteiger partial charge in [0.1, 0.15) is 17.3 Å². The van der Waals surface area contributed by atoms with Crippen molar-refractivity contribution in [3.8, 4) is 11.5 Å². The molecule has 31 heavy (non-hydrogen) atoms. The Morgan fingerprint density at radius 2 is 1.71 bits per heavy atom. The average Bonchev–Trinajstić information content (AvgIpc) is 3.23. The van der Waals surface area contributed by atoms with Gasteiger partial charge in [0.15, 0.2) is 0 Å². The number of nitrogens with zero attached hydrogens (tertiary/aromatic N) is 3. The van der Waals surface area contributed by atoms with Gasteiger partial charge < -0.3 is 9.73 Å². The number of rotatable bonds is 5. The Hall–Kier alpha value is -3.74. The minimum absolute atomic E-state index is 0.304. The van der Waals surface area contributed by atoms with Crippen molar-refractivity contribution >= 4 is 11.6 Å². The van der Waals surface area contributed by atoms with Crippen molar-refractivity contribution in [3.05, 3.63) is 88.3 Å². The smallest absolute Gasteiger partial charge is 0.255 e. The molecular weight excluding hydrogens is 395 g/mol. The lowest BCUT2D eigenvalue weighted by atomic mass is 10.2. The molecule has 2 heterocycles. The van der Waals surface area contributed by atoms with Gasteiger partial charge in [-0.15, -0.1) is 0 Å². The molecule has 0 saturated heterocycles. The fourth-order valence-corrected chi connectivity index (χ4v) is 3.28. The van der Waals surface area contributed by atoms with Crippen LogP contribution >= 0.6 is 0 Å². The number of oxazole rings is 1. The molecule has 0 bridgehead atoms. The van der Waals surface area contributed by atoms with Gasteiger partial charge in [0.05, 0.1) is 12.2 Å². The molecular formula is C24H23FN4O2. The van der Waals surface area contributed by atoms with Gasteiger partial charge in [-0.2, -0.15) is 5.10 Å². The number of amides is 1. The third-order valence-electron chi connectivity index (χ3n) is 5.43. The molecule has 0 unspecified atom stereocenters. The van der Waals surface area contributed by atoms with E-state index in [1.165, 1.54) is 29.8 Å². The fraction of sp³-hybridized carbons (Fsp3) is 0.208. The summed E-state index contributed by atoms with van der Waals surface area (Å²) in [6.45, 7) is 8.54. The summed E-state index contributed by atoms with van der Waals surface area (Å²) >= 11 is 0. The Bertz CT molecular complexity index is 1240. The summed E-state index contributed by atoms with van der Waals surface area (Å²) in [5, 5.41) is 7.37. The molecule has 0 aliphatic heterocycles. The van der Waals surface area contributed by atoms with E-state index in [-0.39, 0.29) is 11.7 Å². The van der Waals surface area contributed by atoms with Crippen LogP contribution in [0.4, 0.5) is 10.1 Å². The molecule has 1 amide bonds. The van der Waals surface area contributed by atoms with Gasteiger partial charge in [0.2, 0.25) is 5.89 Å². The number of carbonyl (C=O) groups excluding carboxylic acids is 1. The third kappa shape index (κ3) is 4.26. The van der Waals surface area contributed by atoms with Crippen molar-refractivity contribution in [2.45, 2.75) is 34.2 Å². The van der Waals surface area contributed by atoms with E-state index in [0.29, 0.717) is 23.7 Å².